The number of carbonyl (C=O) groups excluding carboxylic acids is 2. The summed E-state index contributed by atoms with van der Waals surface area (Å²) in [5, 5.41) is 13.2. The molecule has 0 saturated heterocycles. The standard InChI is InChI=1S/C18H23N5O2S/c24-15(20-14-9-5-2-6-10-14)11-12-19-18(25)21-17-16(22-23-26-17)13-7-3-1-4-8-13/h1,3-4,7-8,14H,2,5-6,9-12H2,(H,20,24)(H2,19,21,25). The zero-order chi connectivity index (χ0) is 18.2. The molecule has 3 N–H and O–H groups in total. The van der Waals surface area contributed by atoms with E-state index in [4.69, 9.17) is 0 Å². The van der Waals surface area contributed by atoms with Crippen molar-refractivity contribution in [2.24, 2.45) is 0 Å². The molecule has 0 spiro atoms. The highest BCUT2D eigenvalue weighted by Gasteiger charge is 2.16. The number of anilines is 1. The molecule has 1 aliphatic rings. The van der Waals surface area contributed by atoms with Gasteiger partial charge >= 0.3 is 6.03 Å². The number of nitrogens with one attached hydrogen (secondary N) is 3. The van der Waals surface area contributed by atoms with Crippen molar-refractivity contribution in [2.45, 2.75) is 44.6 Å². The van der Waals surface area contributed by atoms with Gasteiger partial charge in [-0.2, -0.15) is 0 Å². The van der Waals surface area contributed by atoms with Gasteiger partial charge in [0.2, 0.25) is 5.91 Å². The number of benzene rings is 1. The van der Waals surface area contributed by atoms with Crippen LogP contribution in [0.3, 0.4) is 0 Å². The van der Waals surface area contributed by atoms with Crippen molar-refractivity contribution in [1.29, 1.82) is 0 Å². The van der Waals surface area contributed by atoms with Gasteiger partial charge in [0.05, 0.1) is 0 Å². The van der Waals surface area contributed by atoms with E-state index in [1.807, 2.05) is 30.3 Å². The average molecular weight is 373 g/mol. The number of hydrogen-bond donors (Lipinski definition) is 3. The lowest BCUT2D eigenvalue weighted by molar-refractivity contribution is -0.121. The maximum absolute atomic E-state index is 12.1. The molecule has 3 amide bonds. The molecule has 2 aromatic rings. The van der Waals surface area contributed by atoms with Crippen molar-refractivity contribution in [3.05, 3.63) is 30.3 Å². The predicted molar refractivity (Wildman–Crippen MR) is 102 cm³/mol. The summed E-state index contributed by atoms with van der Waals surface area (Å²) < 4.78 is 3.91. The van der Waals surface area contributed by atoms with E-state index in [2.05, 4.69) is 25.5 Å². The predicted octanol–water partition coefficient (Wildman–Crippen LogP) is 3.17. The van der Waals surface area contributed by atoms with Crippen LogP contribution in [0, 0.1) is 0 Å². The summed E-state index contributed by atoms with van der Waals surface area (Å²) in [6, 6.07) is 9.49. The van der Waals surface area contributed by atoms with Crippen molar-refractivity contribution < 1.29 is 9.59 Å². The van der Waals surface area contributed by atoms with Crippen LogP contribution in [0.25, 0.3) is 11.3 Å². The van der Waals surface area contributed by atoms with Gasteiger partial charge < -0.3 is 10.6 Å². The Labute approximate surface area is 156 Å². The van der Waals surface area contributed by atoms with E-state index in [9.17, 15) is 9.59 Å². The molecule has 1 heterocycles. The third-order valence-corrected chi connectivity index (χ3v) is 5.01. The molecule has 1 aliphatic carbocycles. The fourth-order valence-electron chi connectivity index (χ4n) is 3.04. The van der Waals surface area contributed by atoms with Crippen LogP contribution in [0.1, 0.15) is 38.5 Å². The van der Waals surface area contributed by atoms with Gasteiger partial charge in [0.1, 0.15) is 10.7 Å². The molecule has 0 bridgehead atoms. The molecule has 7 nitrogen and oxygen atoms in total. The zero-order valence-corrected chi connectivity index (χ0v) is 15.3. The molecular formula is C18H23N5O2S. The van der Waals surface area contributed by atoms with E-state index < -0.39 is 0 Å². The minimum absolute atomic E-state index is 0.0124. The molecule has 0 aliphatic heterocycles. The molecule has 0 unspecified atom stereocenters. The molecule has 8 heteroatoms. The maximum Gasteiger partial charge on any atom is 0.319 e. The van der Waals surface area contributed by atoms with Gasteiger partial charge in [-0.25, -0.2) is 4.79 Å². The highest BCUT2D eigenvalue weighted by molar-refractivity contribution is 7.10. The topological polar surface area (TPSA) is 96.0 Å². The van der Waals surface area contributed by atoms with Crippen LogP contribution in [0.2, 0.25) is 0 Å². The Morgan fingerprint density at radius 3 is 2.65 bits per heavy atom. The van der Waals surface area contributed by atoms with E-state index in [1.165, 1.54) is 19.3 Å². The minimum atomic E-state index is -0.362. The normalized spacial score (nSPS) is 14.6. The number of amides is 3. The minimum Gasteiger partial charge on any atom is -0.353 e. The number of urea groups is 1. The van der Waals surface area contributed by atoms with E-state index in [0.717, 1.165) is 29.9 Å². The number of nitrogens with zero attached hydrogens (tertiary/aromatic N) is 2. The van der Waals surface area contributed by atoms with Gasteiger partial charge in [0.15, 0.2) is 0 Å². The third kappa shape index (κ3) is 5.26. The highest BCUT2D eigenvalue weighted by atomic mass is 32.1. The van der Waals surface area contributed by atoms with Crippen LogP contribution in [0.4, 0.5) is 9.80 Å². The van der Waals surface area contributed by atoms with Crippen LogP contribution in [-0.2, 0) is 4.79 Å². The highest BCUT2D eigenvalue weighted by Crippen LogP contribution is 2.28. The average Bonchev–Trinajstić information content (AvgIpc) is 3.11. The Bertz CT molecular complexity index is 728. The SMILES string of the molecule is O=C(CCNC(=O)Nc1snnc1-c1ccccc1)NC1CCCCC1. The van der Waals surface area contributed by atoms with Gasteiger partial charge in [0.25, 0.3) is 0 Å². The molecule has 1 aromatic carbocycles. The molecule has 0 radical (unpaired) electrons. The first kappa shape index (κ1) is 18.3. The number of hydrogen-bond acceptors (Lipinski definition) is 5. The van der Waals surface area contributed by atoms with Crippen molar-refractivity contribution in [3.8, 4) is 11.3 Å². The van der Waals surface area contributed by atoms with Crippen molar-refractivity contribution in [3.63, 3.8) is 0 Å². The van der Waals surface area contributed by atoms with Gasteiger partial charge in [0, 0.05) is 36.1 Å². The van der Waals surface area contributed by atoms with Gasteiger partial charge in [-0.3, -0.25) is 10.1 Å². The second-order valence-corrected chi connectivity index (χ2v) is 7.10. The van der Waals surface area contributed by atoms with Crippen LogP contribution < -0.4 is 16.0 Å². The van der Waals surface area contributed by atoms with E-state index in [-0.39, 0.29) is 24.9 Å². The first-order chi connectivity index (χ1) is 12.7. The summed E-state index contributed by atoms with van der Waals surface area (Å²) >= 11 is 1.12. The summed E-state index contributed by atoms with van der Waals surface area (Å²) in [5.74, 6) is -0.0124. The maximum atomic E-state index is 12.1. The second kappa shape index (κ2) is 9.28. The molecule has 0 atom stereocenters. The molecule has 1 aromatic heterocycles. The van der Waals surface area contributed by atoms with Gasteiger partial charge in [-0.1, -0.05) is 54.1 Å². The molecule has 1 saturated carbocycles. The first-order valence-electron chi connectivity index (χ1n) is 8.94. The van der Waals surface area contributed by atoms with Gasteiger partial charge in [-0.05, 0) is 12.8 Å². The first-order valence-corrected chi connectivity index (χ1v) is 9.71. The Balaban J connectivity index is 1.42. The molecule has 1 fully saturated rings. The summed E-state index contributed by atoms with van der Waals surface area (Å²) in [4.78, 5) is 24.0. The number of aromatic nitrogens is 2. The Hall–Kier alpha value is -2.48. The molecule has 26 heavy (non-hydrogen) atoms. The Morgan fingerprint density at radius 2 is 1.88 bits per heavy atom. The zero-order valence-electron chi connectivity index (χ0n) is 14.5. The van der Waals surface area contributed by atoms with Crippen LogP contribution >= 0.6 is 11.5 Å². The smallest absolute Gasteiger partial charge is 0.319 e. The van der Waals surface area contributed by atoms with Crippen molar-refractivity contribution in [1.82, 2.24) is 20.2 Å². The van der Waals surface area contributed by atoms with Crippen molar-refractivity contribution >= 4 is 28.5 Å². The largest absolute Gasteiger partial charge is 0.353 e. The lowest BCUT2D eigenvalue weighted by Crippen LogP contribution is -2.38. The van der Waals surface area contributed by atoms with E-state index >= 15 is 0 Å². The fraction of sp³-hybridized carbons (Fsp3) is 0.444. The quantitative estimate of drug-likeness (QED) is 0.725. The van der Waals surface area contributed by atoms with Crippen molar-refractivity contribution in [2.75, 3.05) is 11.9 Å². The lowest BCUT2D eigenvalue weighted by Gasteiger charge is -2.22. The third-order valence-electron chi connectivity index (χ3n) is 4.37. The molecule has 138 valence electrons. The van der Waals surface area contributed by atoms with Crippen LogP contribution in [-0.4, -0.2) is 34.1 Å². The van der Waals surface area contributed by atoms with E-state index in [1.54, 1.807) is 0 Å². The summed E-state index contributed by atoms with van der Waals surface area (Å²) in [7, 11) is 0. The monoisotopic (exact) mass is 373 g/mol. The summed E-state index contributed by atoms with van der Waals surface area (Å²) in [6.45, 7) is 0.289. The molecular weight excluding hydrogens is 350 g/mol. The van der Waals surface area contributed by atoms with Gasteiger partial charge in [-0.15, -0.1) is 5.10 Å². The van der Waals surface area contributed by atoms with E-state index in [0.29, 0.717) is 16.7 Å². The number of carbonyl (C=O) groups is 2. The van der Waals surface area contributed by atoms with Crippen LogP contribution in [0.15, 0.2) is 30.3 Å². The van der Waals surface area contributed by atoms with Crippen LogP contribution in [0.5, 0.6) is 0 Å². The molecule has 3 rings (SSSR count). The second-order valence-electron chi connectivity index (χ2n) is 6.35. The Kier molecular flexibility index (Phi) is 6.54. The Morgan fingerprint density at radius 1 is 1.12 bits per heavy atom. The lowest BCUT2D eigenvalue weighted by atomic mass is 9.95. The summed E-state index contributed by atoms with van der Waals surface area (Å²) in [6.07, 6.45) is 6.00. The summed E-state index contributed by atoms with van der Waals surface area (Å²) in [5.41, 5.74) is 1.53. The number of rotatable bonds is 6. The fourth-order valence-corrected chi connectivity index (χ4v) is 3.63.